The van der Waals surface area contributed by atoms with Crippen molar-refractivity contribution in [3.63, 3.8) is 0 Å². The van der Waals surface area contributed by atoms with Crippen LogP contribution in [0.2, 0.25) is 0 Å². The van der Waals surface area contributed by atoms with Gasteiger partial charge in [0.1, 0.15) is 23.2 Å². The Morgan fingerprint density at radius 3 is 2.82 bits per heavy atom. The van der Waals surface area contributed by atoms with Gasteiger partial charge >= 0.3 is 5.63 Å². The van der Waals surface area contributed by atoms with Crippen LogP contribution in [0, 0.1) is 21.8 Å². The average Bonchev–Trinajstić information content (AvgIpc) is 2.45. The minimum Gasteiger partial charge on any atom is -0.440 e. The summed E-state index contributed by atoms with van der Waals surface area (Å²) in [6, 6.07) is 11.2. The smallest absolute Gasteiger partial charge is 0.343 e. The number of hydrogen-bond acceptors (Lipinski definition) is 5. The van der Waals surface area contributed by atoms with E-state index >= 15 is 0 Å². The summed E-state index contributed by atoms with van der Waals surface area (Å²) < 4.78 is 11.6. The number of nitrogens with two attached hydrogens (primary N) is 1. The van der Waals surface area contributed by atoms with Crippen LogP contribution in [0.5, 0.6) is 5.75 Å². The molecule has 2 aromatic rings. The first-order chi connectivity index (χ1) is 10.5. The number of aryl methyl sites for hydroxylation is 1. The molecule has 0 aliphatic carbocycles. The summed E-state index contributed by atoms with van der Waals surface area (Å²) in [6.45, 7) is 1.66. The van der Waals surface area contributed by atoms with Gasteiger partial charge in [-0.25, -0.2) is 4.79 Å². The van der Waals surface area contributed by atoms with E-state index in [1.807, 2.05) is 24.3 Å². The highest BCUT2D eigenvalue weighted by Crippen LogP contribution is 2.40. The van der Waals surface area contributed by atoms with Crippen LogP contribution in [-0.4, -0.2) is 0 Å². The third-order valence-corrected chi connectivity index (χ3v) is 4.11. The lowest BCUT2D eigenvalue weighted by Crippen LogP contribution is -2.26. The van der Waals surface area contributed by atoms with Crippen molar-refractivity contribution in [3.05, 3.63) is 72.7 Å². The molecule has 0 spiro atoms. The van der Waals surface area contributed by atoms with E-state index < -0.39 is 11.5 Å². The Morgan fingerprint density at radius 2 is 2.14 bits per heavy atom. The van der Waals surface area contributed by atoms with E-state index in [2.05, 4.69) is 28.7 Å². The van der Waals surface area contributed by atoms with E-state index in [-0.39, 0.29) is 11.5 Å². The highest BCUT2D eigenvalue weighted by atomic mass is 127. The molecular formula is C16H11IN2O3. The zero-order valence-corrected chi connectivity index (χ0v) is 13.7. The third kappa shape index (κ3) is 2.37. The highest BCUT2D eigenvalue weighted by Gasteiger charge is 2.34. The molecule has 0 saturated carbocycles. The fourth-order valence-electron chi connectivity index (χ4n) is 2.54. The van der Waals surface area contributed by atoms with Gasteiger partial charge in [-0.2, -0.15) is 5.26 Å². The second-order valence-electron chi connectivity index (χ2n) is 4.90. The van der Waals surface area contributed by atoms with E-state index in [0.717, 1.165) is 9.13 Å². The Balaban J connectivity index is 2.32. The van der Waals surface area contributed by atoms with Gasteiger partial charge in [0.05, 0.1) is 11.5 Å². The second-order valence-corrected chi connectivity index (χ2v) is 6.15. The Bertz CT molecular complexity index is 893. The molecule has 0 saturated heterocycles. The van der Waals surface area contributed by atoms with Gasteiger partial charge < -0.3 is 14.9 Å². The number of hydrogen-bond donors (Lipinski definition) is 1. The van der Waals surface area contributed by atoms with Crippen LogP contribution >= 0.6 is 22.6 Å². The van der Waals surface area contributed by atoms with Crippen molar-refractivity contribution in [1.29, 1.82) is 5.26 Å². The number of benzene rings is 1. The largest absolute Gasteiger partial charge is 0.440 e. The summed E-state index contributed by atoms with van der Waals surface area (Å²) in [5.74, 6) is 0.205. The molecule has 2 heterocycles. The number of nitrogens with zero attached hydrogens (tertiary/aromatic N) is 1. The van der Waals surface area contributed by atoms with Crippen molar-refractivity contribution in [2.45, 2.75) is 12.8 Å². The predicted octanol–water partition coefficient (Wildman–Crippen LogP) is 2.77. The van der Waals surface area contributed by atoms with Crippen molar-refractivity contribution in [2.24, 2.45) is 5.73 Å². The standard InChI is InChI=1S/C16H11IN2O3/c1-8-5-12-14(16(20)21-8)13(11(7-18)15(19)22-12)9-3-2-4-10(17)6-9/h2-6,13H,19H2,1H3/t13-/m0/s1. The van der Waals surface area contributed by atoms with Gasteiger partial charge in [0.15, 0.2) is 0 Å². The number of nitriles is 1. The molecule has 110 valence electrons. The Morgan fingerprint density at radius 1 is 1.36 bits per heavy atom. The Labute approximate surface area is 140 Å². The average molecular weight is 406 g/mol. The number of rotatable bonds is 1. The third-order valence-electron chi connectivity index (χ3n) is 3.44. The molecule has 0 fully saturated rings. The van der Waals surface area contributed by atoms with Crippen LogP contribution in [0.4, 0.5) is 0 Å². The van der Waals surface area contributed by atoms with Crippen molar-refractivity contribution < 1.29 is 9.15 Å². The SMILES string of the molecule is Cc1cc2c(c(=O)o1)[C@@H](c1cccc(I)c1)C(C#N)=C(N)O2. The van der Waals surface area contributed by atoms with Crippen LogP contribution in [0.1, 0.15) is 22.8 Å². The van der Waals surface area contributed by atoms with Crippen molar-refractivity contribution in [1.82, 2.24) is 0 Å². The first kappa shape index (κ1) is 14.7. The van der Waals surface area contributed by atoms with E-state index in [9.17, 15) is 10.1 Å². The molecule has 1 atom stereocenters. The van der Waals surface area contributed by atoms with E-state index in [4.69, 9.17) is 14.9 Å². The van der Waals surface area contributed by atoms with E-state index in [1.54, 1.807) is 13.0 Å². The predicted molar refractivity (Wildman–Crippen MR) is 88.2 cm³/mol. The molecule has 1 aliphatic rings. The zero-order valence-electron chi connectivity index (χ0n) is 11.6. The first-order valence-electron chi connectivity index (χ1n) is 6.49. The van der Waals surface area contributed by atoms with Crippen LogP contribution in [0.25, 0.3) is 0 Å². The van der Waals surface area contributed by atoms with E-state index in [1.165, 1.54) is 0 Å². The van der Waals surface area contributed by atoms with E-state index in [0.29, 0.717) is 17.1 Å². The molecule has 5 nitrogen and oxygen atoms in total. The van der Waals surface area contributed by atoms with Crippen molar-refractivity contribution in [2.75, 3.05) is 0 Å². The van der Waals surface area contributed by atoms with Gasteiger partial charge in [-0.3, -0.25) is 0 Å². The molecule has 0 bridgehead atoms. The first-order valence-corrected chi connectivity index (χ1v) is 7.57. The van der Waals surface area contributed by atoms with Gasteiger partial charge in [0.25, 0.3) is 0 Å². The minimum absolute atomic E-state index is 0.0175. The maximum absolute atomic E-state index is 12.3. The molecule has 22 heavy (non-hydrogen) atoms. The maximum atomic E-state index is 12.3. The Kier molecular flexibility index (Phi) is 3.66. The molecule has 1 aromatic heterocycles. The van der Waals surface area contributed by atoms with Gasteiger partial charge in [-0.15, -0.1) is 0 Å². The van der Waals surface area contributed by atoms with Gasteiger partial charge in [-0.1, -0.05) is 12.1 Å². The molecular weight excluding hydrogens is 395 g/mol. The molecule has 0 unspecified atom stereocenters. The second kappa shape index (κ2) is 5.50. The van der Waals surface area contributed by atoms with Gasteiger partial charge in [-0.05, 0) is 47.2 Å². The fourth-order valence-corrected chi connectivity index (χ4v) is 3.10. The van der Waals surface area contributed by atoms with Crippen LogP contribution < -0.4 is 16.1 Å². The molecule has 0 amide bonds. The normalized spacial score (nSPS) is 16.7. The summed E-state index contributed by atoms with van der Waals surface area (Å²) in [6.07, 6.45) is 0. The van der Waals surface area contributed by atoms with Gasteiger partial charge in [0.2, 0.25) is 5.88 Å². The van der Waals surface area contributed by atoms with Crippen LogP contribution in [0.3, 0.4) is 0 Å². The molecule has 1 aliphatic heterocycles. The summed E-state index contributed by atoms with van der Waals surface area (Å²) in [5, 5.41) is 9.43. The monoisotopic (exact) mass is 406 g/mol. The number of allylic oxidation sites excluding steroid dienone is 1. The quantitative estimate of drug-likeness (QED) is 0.736. The summed E-state index contributed by atoms with van der Waals surface area (Å²) in [7, 11) is 0. The molecule has 3 rings (SSSR count). The molecule has 6 heteroatoms. The fraction of sp³-hybridized carbons (Fsp3) is 0.125. The van der Waals surface area contributed by atoms with Crippen LogP contribution in [-0.2, 0) is 0 Å². The number of ether oxygens (including phenoxy) is 1. The molecule has 2 N–H and O–H groups in total. The number of halogens is 1. The van der Waals surface area contributed by atoms with Crippen LogP contribution in [0.15, 0.2) is 51.0 Å². The van der Waals surface area contributed by atoms with Gasteiger partial charge in [0, 0.05) is 9.64 Å². The minimum atomic E-state index is -0.583. The summed E-state index contributed by atoms with van der Waals surface area (Å²) >= 11 is 2.18. The zero-order chi connectivity index (χ0) is 15.9. The highest BCUT2D eigenvalue weighted by molar-refractivity contribution is 14.1. The Hall–Kier alpha value is -2.27. The molecule has 0 radical (unpaired) electrons. The van der Waals surface area contributed by atoms with Crippen molar-refractivity contribution >= 4 is 22.6 Å². The maximum Gasteiger partial charge on any atom is 0.343 e. The topological polar surface area (TPSA) is 89.2 Å². The lowest BCUT2D eigenvalue weighted by Gasteiger charge is -2.25. The summed E-state index contributed by atoms with van der Waals surface area (Å²) in [4.78, 5) is 12.3. The number of fused-ring (bicyclic) bond motifs is 1. The lowest BCUT2D eigenvalue weighted by atomic mass is 9.84. The van der Waals surface area contributed by atoms with Crippen molar-refractivity contribution in [3.8, 4) is 11.8 Å². The lowest BCUT2D eigenvalue weighted by molar-refractivity contribution is 0.371. The molecule has 1 aromatic carbocycles. The summed E-state index contributed by atoms with van der Waals surface area (Å²) in [5.41, 5.74) is 6.67.